The summed E-state index contributed by atoms with van der Waals surface area (Å²) in [6, 6.07) is 0. The van der Waals surface area contributed by atoms with Gasteiger partial charge in [0, 0.05) is 0 Å². The molecule has 1 fully saturated rings. The van der Waals surface area contributed by atoms with Crippen molar-refractivity contribution in [2.45, 2.75) is 38.3 Å². The molecule has 70 valence electrons. The van der Waals surface area contributed by atoms with Gasteiger partial charge in [-0.15, -0.1) is 6.58 Å². The monoisotopic (exact) mass is 172 g/mol. The average molecular weight is 172 g/mol. The average Bonchev–Trinajstić information content (AvgIpc) is 2.26. The first-order valence-corrected chi connectivity index (χ1v) is 4.16. The van der Waals surface area contributed by atoms with Gasteiger partial charge in [-0.25, -0.2) is 0 Å². The maximum absolute atomic E-state index is 8.96. The fourth-order valence-corrected chi connectivity index (χ4v) is 1.43. The van der Waals surface area contributed by atoms with Gasteiger partial charge in [0.2, 0.25) is 0 Å². The molecule has 3 nitrogen and oxygen atoms in total. The Kier molecular flexibility index (Phi) is 2.88. The van der Waals surface area contributed by atoms with Crippen molar-refractivity contribution in [3.05, 3.63) is 12.7 Å². The van der Waals surface area contributed by atoms with E-state index in [0.29, 0.717) is 6.42 Å². The SMILES string of the molecule is C=CC[C@H]1OC(C)(C)O[C@@H]1CO. The Morgan fingerprint density at radius 1 is 1.42 bits per heavy atom. The largest absolute Gasteiger partial charge is 0.394 e. The molecule has 1 heterocycles. The third-order valence-corrected chi connectivity index (χ3v) is 1.86. The van der Waals surface area contributed by atoms with Crippen molar-refractivity contribution in [3.8, 4) is 0 Å². The Labute approximate surface area is 73.0 Å². The standard InChI is InChI=1S/C9H16O3/c1-4-5-7-8(6-10)12-9(2,3)11-7/h4,7-8,10H,1,5-6H2,2-3H3/t7-,8-/m1/s1. The lowest BCUT2D eigenvalue weighted by atomic mass is 10.1. The highest BCUT2D eigenvalue weighted by molar-refractivity contribution is 4.86. The van der Waals surface area contributed by atoms with E-state index in [1.54, 1.807) is 6.08 Å². The van der Waals surface area contributed by atoms with E-state index < -0.39 is 5.79 Å². The molecular weight excluding hydrogens is 156 g/mol. The first-order chi connectivity index (χ1) is 5.59. The van der Waals surface area contributed by atoms with Crippen molar-refractivity contribution >= 4 is 0 Å². The molecule has 0 saturated carbocycles. The molecule has 2 atom stereocenters. The quantitative estimate of drug-likeness (QED) is 0.647. The highest BCUT2D eigenvalue weighted by atomic mass is 16.8. The van der Waals surface area contributed by atoms with E-state index in [0.717, 1.165) is 0 Å². The van der Waals surface area contributed by atoms with E-state index >= 15 is 0 Å². The molecule has 0 aromatic rings. The van der Waals surface area contributed by atoms with Gasteiger partial charge in [0.25, 0.3) is 0 Å². The van der Waals surface area contributed by atoms with E-state index in [1.165, 1.54) is 0 Å². The Hall–Kier alpha value is -0.380. The van der Waals surface area contributed by atoms with Gasteiger partial charge in [-0.1, -0.05) is 6.08 Å². The summed E-state index contributed by atoms with van der Waals surface area (Å²) >= 11 is 0. The van der Waals surface area contributed by atoms with Gasteiger partial charge in [-0.2, -0.15) is 0 Å². The zero-order chi connectivity index (χ0) is 9.19. The topological polar surface area (TPSA) is 38.7 Å². The zero-order valence-electron chi connectivity index (χ0n) is 7.62. The molecule has 1 N–H and O–H groups in total. The van der Waals surface area contributed by atoms with Crippen LogP contribution in [0.4, 0.5) is 0 Å². The zero-order valence-corrected chi connectivity index (χ0v) is 7.62. The molecule has 1 aliphatic rings. The molecule has 12 heavy (non-hydrogen) atoms. The van der Waals surface area contributed by atoms with Crippen molar-refractivity contribution in [1.82, 2.24) is 0 Å². The Morgan fingerprint density at radius 2 is 2.00 bits per heavy atom. The summed E-state index contributed by atoms with van der Waals surface area (Å²) in [5, 5.41) is 8.96. The van der Waals surface area contributed by atoms with Gasteiger partial charge in [0.05, 0.1) is 12.7 Å². The molecule has 0 aromatic heterocycles. The van der Waals surface area contributed by atoms with Crippen LogP contribution in [0.2, 0.25) is 0 Å². The maximum Gasteiger partial charge on any atom is 0.163 e. The molecule has 1 rings (SSSR count). The molecule has 1 aliphatic heterocycles. The second-order valence-electron chi connectivity index (χ2n) is 3.42. The van der Waals surface area contributed by atoms with Crippen molar-refractivity contribution in [2.24, 2.45) is 0 Å². The number of aliphatic hydroxyl groups excluding tert-OH is 1. The van der Waals surface area contributed by atoms with E-state index in [1.807, 2.05) is 13.8 Å². The molecule has 0 aliphatic carbocycles. The first kappa shape index (κ1) is 9.71. The summed E-state index contributed by atoms with van der Waals surface area (Å²) in [5.74, 6) is -0.568. The lowest BCUT2D eigenvalue weighted by Crippen LogP contribution is -2.25. The van der Waals surface area contributed by atoms with Crippen LogP contribution in [0.1, 0.15) is 20.3 Å². The predicted octanol–water partition coefficient (Wildman–Crippen LogP) is 1.07. The van der Waals surface area contributed by atoms with E-state index in [-0.39, 0.29) is 18.8 Å². The molecule has 0 amide bonds. The van der Waals surface area contributed by atoms with Crippen LogP contribution in [0.3, 0.4) is 0 Å². The minimum absolute atomic E-state index is 0.00192. The summed E-state index contributed by atoms with van der Waals surface area (Å²) in [7, 11) is 0. The van der Waals surface area contributed by atoms with Gasteiger partial charge >= 0.3 is 0 Å². The van der Waals surface area contributed by atoms with Crippen LogP contribution in [0.5, 0.6) is 0 Å². The third kappa shape index (κ3) is 2.06. The van der Waals surface area contributed by atoms with Gasteiger partial charge in [0.1, 0.15) is 6.10 Å². The van der Waals surface area contributed by atoms with Gasteiger partial charge in [0.15, 0.2) is 5.79 Å². The van der Waals surface area contributed by atoms with Crippen LogP contribution in [-0.2, 0) is 9.47 Å². The van der Waals surface area contributed by atoms with Crippen molar-refractivity contribution in [3.63, 3.8) is 0 Å². The summed E-state index contributed by atoms with van der Waals surface area (Å²) in [6.45, 7) is 7.32. The van der Waals surface area contributed by atoms with E-state index in [9.17, 15) is 0 Å². The maximum atomic E-state index is 8.96. The molecule has 0 bridgehead atoms. The molecule has 0 unspecified atom stereocenters. The number of aliphatic hydroxyl groups is 1. The highest BCUT2D eigenvalue weighted by Gasteiger charge is 2.39. The highest BCUT2D eigenvalue weighted by Crippen LogP contribution is 2.29. The van der Waals surface area contributed by atoms with Gasteiger partial charge in [-0.3, -0.25) is 0 Å². The van der Waals surface area contributed by atoms with Crippen LogP contribution in [0.25, 0.3) is 0 Å². The number of hydrogen-bond acceptors (Lipinski definition) is 3. The Balaban J connectivity index is 2.56. The van der Waals surface area contributed by atoms with Crippen molar-refractivity contribution in [1.29, 1.82) is 0 Å². The van der Waals surface area contributed by atoms with Crippen LogP contribution >= 0.6 is 0 Å². The first-order valence-electron chi connectivity index (χ1n) is 4.16. The fourth-order valence-electron chi connectivity index (χ4n) is 1.43. The number of ether oxygens (including phenoxy) is 2. The third-order valence-electron chi connectivity index (χ3n) is 1.86. The molecule has 0 spiro atoms. The number of rotatable bonds is 3. The van der Waals surface area contributed by atoms with Crippen LogP contribution in [0.15, 0.2) is 12.7 Å². The molecule has 1 saturated heterocycles. The van der Waals surface area contributed by atoms with Crippen molar-refractivity contribution < 1.29 is 14.6 Å². The molecular formula is C9H16O3. The molecule has 0 aromatic carbocycles. The van der Waals surface area contributed by atoms with Crippen LogP contribution < -0.4 is 0 Å². The van der Waals surface area contributed by atoms with Gasteiger partial charge < -0.3 is 14.6 Å². The molecule has 3 heteroatoms. The van der Waals surface area contributed by atoms with E-state index in [2.05, 4.69) is 6.58 Å². The summed E-state index contributed by atoms with van der Waals surface area (Å²) < 4.78 is 11.0. The molecule has 0 radical (unpaired) electrons. The lowest BCUT2D eigenvalue weighted by Gasteiger charge is -2.16. The Morgan fingerprint density at radius 3 is 2.50 bits per heavy atom. The van der Waals surface area contributed by atoms with Gasteiger partial charge in [-0.05, 0) is 20.3 Å². The predicted molar refractivity (Wildman–Crippen MR) is 45.7 cm³/mol. The van der Waals surface area contributed by atoms with Crippen molar-refractivity contribution in [2.75, 3.05) is 6.61 Å². The second-order valence-corrected chi connectivity index (χ2v) is 3.42. The minimum atomic E-state index is -0.568. The number of hydrogen-bond donors (Lipinski definition) is 1. The van der Waals surface area contributed by atoms with Crippen LogP contribution in [0, 0.1) is 0 Å². The Bertz CT molecular complexity index is 165. The fraction of sp³-hybridized carbons (Fsp3) is 0.778. The lowest BCUT2D eigenvalue weighted by molar-refractivity contribution is -0.148. The minimum Gasteiger partial charge on any atom is -0.394 e. The summed E-state index contributed by atoms with van der Waals surface area (Å²) in [6.07, 6.45) is 2.23. The van der Waals surface area contributed by atoms with E-state index in [4.69, 9.17) is 14.6 Å². The smallest absolute Gasteiger partial charge is 0.163 e. The van der Waals surface area contributed by atoms with Crippen LogP contribution in [-0.4, -0.2) is 29.7 Å². The summed E-state index contributed by atoms with van der Waals surface area (Å²) in [5.41, 5.74) is 0. The normalized spacial score (nSPS) is 33.6. The summed E-state index contributed by atoms with van der Waals surface area (Å²) in [4.78, 5) is 0. The second kappa shape index (κ2) is 3.56.